The molecule has 2 heterocycles. The molecule has 1 aliphatic rings. The van der Waals surface area contributed by atoms with Crippen LogP contribution < -0.4 is 4.74 Å². The molecule has 0 spiro atoms. The molecular formula is C15H23N3O3. The second-order valence-electron chi connectivity index (χ2n) is 6.27. The summed E-state index contributed by atoms with van der Waals surface area (Å²) in [6.07, 6.45) is 4.75. The number of carbonyl (C=O) groups excluding carboxylic acids is 1. The highest BCUT2D eigenvalue weighted by Crippen LogP contribution is 2.20. The normalized spacial score (nSPS) is 16.6. The first kappa shape index (κ1) is 15.5. The molecule has 21 heavy (non-hydrogen) atoms. The van der Waals surface area contributed by atoms with Crippen LogP contribution in [0.1, 0.15) is 33.6 Å². The molecule has 0 saturated carbocycles. The van der Waals surface area contributed by atoms with Crippen LogP contribution in [0.25, 0.3) is 0 Å². The molecule has 1 aromatic rings. The molecule has 0 unspecified atom stereocenters. The molecule has 0 bridgehead atoms. The van der Waals surface area contributed by atoms with Gasteiger partial charge in [0.25, 0.3) is 0 Å². The molecule has 0 radical (unpaired) electrons. The number of piperidine rings is 1. The van der Waals surface area contributed by atoms with Crippen molar-refractivity contribution in [2.24, 2.45) is 5.92 Å². The third-order valence-electron chi connectivity index (χ3n) is 3.29. The molecule has 0 aromatic carbocycles. The summed E-state index contributed by atoms with van der Waals surface area (Å²) in [5.41, 5.74) is -0.440. The van der Waals surface area contributed by atoms with Crippen LogP contribution in [0.5, 0.6) is 5.88 Å². The SMILES string of the molecule is CC(C)(C)OC(=O)N1CCC(COc2ccncn2)CC1. The van der Waals surface area contributed by atoms with Crippen molar-refractivity contribution in [3.05, 3.63) is 18.6 Å². The zero-order chi connectivity index (χ0) is 15.3. The Morgan fingerprint density at radius 3 is 2.67 bits per heavy atom. The fourth-order valence-electron chi connectivity index (χ4n) is 2.18. The molecule has 1 saturated heterocycles. The summed E-state index contributed by atoms with van der Waals surface area (Å²) < 4.78 is 11.0. The Hall–Kier alpha value is -1.85. The molecule has 6 nitrogen and oxygen atoms in total. The van der Waals surface area contributed by atoms with Crippen molar-refractivity contribution in [3.8, 4) is 5.88 Å². The summed E-state index contributed by atoms with van der Waals surface area (Å²) in [5, 5.41) is 0. The lowest BCUT2D eigenvalue weighted by molar-refractivity contribution is 0.0164. The van der Waals surface area contributed by atoms with Crippen molar-refractivity contribution in [2.75, 3.05) is 19.7 Å². The zero-order valence-corrected chi connectivity index (χ0v) is 12.9. The third kappa shape index (κ3) is 5.21. The highest BCUT2D eigenvalue weighted by atomic mass is 16.6. The first-order chi connectivity index (χ1) is 9.94. The molecule has 6 heteroatoms. The number of hydrogen-bond acceptors (Lipinski definition) is 5. The number of carbonyl (C=O) groups is 1. The predicted octanol–water partition coefficient (Wildman–Crippen LogP) is 2.50. The summed E-state index contributed by atoms with van der Waals surface area (Å²) >= 11 is 0. The third-order valence-corrected chi connectivity index (χ3v) is 3.29. The Kier molecular flexibility index (Phi) is 4.98. The minimum absolute atomic E-state index is 0.224. The Balaban J connectivity index is 1.72. The molecule has 116 valence electrons. The monoisotopic (exact) mass is 293 g/mol. The molecule has 1 aliphatic heterocycles. The average Bonchev–Trinajstić information content (AvgIpc) is 2.45. The van der Waals surface area contributed by atoms with Gasteiger partial charge < -0.3 is 14.4 Å². The van der Waals surface area contributed by atoms with Gasteiger partial charge in [-0.2, -0.15) is 0 Å². The predicted molar refractivity (Wildman–Crippen MR) is 78.1 cm³/mol. The maximum Gasteiger partial charge on any atom is 0.410 e. The number of nitrogens with zero attached hydrogens (tertiary/aromatic N) is 3. The standard InChI is InChI=1S/C15H23N3O3/c1-15(2,3)21-14(19)18-8-5-12(6-9-18)10-20-13-4-7-16-11-17-13/h4,7,11-12H,5-6,8-10H2,1-3H3. The van der Waals surface area contributed by atoms with Crippen molar-refractivity contribution >= 4 is 6.09 Å². The molecular weight excluding hydrogens is 270 g/mol. The second-order valence-corrected chi connectivity index (χ2v) is 6.27. The summed E-state index contributed by atoms with van der Waals surface area (Å²) in [7, 11) is 0. The van der Waals surface area contributed by atoms with E-state index in [2.05, 4.69) is 9.97 Å². The number of ether oxygens (including phenoxy) is 2. The van der Waals surface area contributed by atoms with Gasteiger partial charge in [0.05, 0.1) is 6.61 Å². The van der Waals surface area contributed by atoms with Crippen LogP contribution in [0.2, 0.25) is 0 Å². The largest absolute Gasteiger partial charge is 0.477 e. The minimum Gasteiger partial charge on any atom is -0.477 e. The van der Waals surface area contributed by atoms with Gasteiger partial charge in [0.15, 0.2) is 0 Å². The first-order valence-corrected chi connectivity index (χ1v) is 7.31. The smallest absolute Gasteiger partial charge is 0.410 e. The summed E-state index contributed by atoms with van der Waals surface area (Å²) in [6.45, 7) is 7.70. The molecule has 0 N–H and O–H groups in total. The van der Waals surface area contributed by atoms with Gasteiger partial charge in [-0.3, -0.25) is 0 Å². The summed E-state index contributed by atoms with van der Waals surface area (Å²) in [4.78, 5) is 21.6. The number of likely N-dealkylation sites (tertiary alicyclic amines) is 1. The quantitative estimate of drug-likeness (QED) is 0.856. The molecule has 0 aliphatic carbocycles. The molecule has 1 amide bonds. The fourth-order valence-corrected chi connectivity index (χ4v) is 2.18. The molecule has 1 aromatic heterocycles. The van der Waals surface area contributed by atoms with Crippen molar-refractivity contribution in [3.63, 3.8) is 0 Å². The van der Waals surface area contributed by atoms with Crippen LogP contribution in [0.3, 0.4) is 0 Å². The van der Waals surface area contributed by atoms with Crippen LogP contribution in [0, 0.1) is 5.92 Å². The van der Waals surface area contributed by atoms with Crippen LogP contribution in [0.15, 0.2) is 18.6 Å². The summed E-state index contributed by atoms with van der Waals surface area (Å²) in [6, 6.07) is 1.75. The van der Waals surface area contributed by atoms with Gasteiger partial charge >= 0.3 is 6.09 Å². The zero-order valence-electron chi connectivity index (χ0n) is 12.9. The van der Waals surface area contributed by atoms with E-state index in [0.717, 1.165) is 12.8 Å². The number of rotatable bonds is 3. The van der Waals surface area contributed by atoms with Gasteiger partial charge in [0.2, 0.25) is 5.88 Å². The van der Waals surface area contributed by atoms with Crippen LogP contribution in [-0.2, 0) is 4.74 Å². The number of aromatic nitrogens is 2. The lowest BCUT2D eigenvalue weighted by Crippen LogP contribution is -2.42. The van der Waals surface area contributed by atoms with Crippen LogP contribution in [0.4, 0.5) is 4.79 Å². The average molecular weight is 293 g/mol. The van der Waals surface area contributed by atoms with E-state index in [-0.39, 0.29) is 6.09 Å². The Bertz CT molecular complexity index is 451. The van der Waals surface area contributed by atoms with Gasteiger partial charge in [-0.15, -0.1) is 0 Å². The lowest BCUT2D eigenvalue weighted by Gasteiger charge is -2.33. The van der Waals surface area contributed by atoms with E-state index in [4.69, 9.17) is 9.47 Å². The van der Waals surface area contributed by atoms with Crippen molar-refractivity contribution in [1.29, 1.82) is 0 Å². The summed E-state index contributed by atoms with van der Waals surface area (Å²) in [5.74, 6) is 1.04. The minimum atomic E-state index is -0.440. The van der Waals surface area contributed by atoms with E-state index in [1.807, 2.05) is 20.8 Å². The first-order valence-electron chi connectivity index (χ1n) is 7.31. The van der Waals surface area contributed by atoms with Crippen molar-refractivity contribution in [1.82, 2.24) is 14.9 Å². The second kappa shape index (κ2) is 6.74. The van der Waals surface area contributed by atoms with E-state index < -0.39 is 5.60 Å². The van der Waals surface area contributed by atoms with Gasteiger partial charge in [-0.25, -0.2) is 14.8 Å². The highest BCUT2D eigenvalue weighted by Gasteiger charge is 2.27. The Labute approximate surface area is 125 Å². The van der Waals surface area contributed by atoms with E-state index >= 15 is 0 Å². The molecule has 1 fully saturated rings. The Morgan fingerprint density at radius 2 is 2.10 bits per heavy atom. The van der Waals surface area contributed by atoms with Crippen molar-refractivity contribution in [2.45, 2.75) is 39.2 Å². The van der Waals surface area contributed by atoms with Crippen molar-refractivity contribution < 1.29 is 14.3 Å². The lowest BCUT2D eigenvalue weighted by atomic mass is 9.98. The maximum atomic E-state index is 12.0. The molecule has 2 rings (SSSR count). The van der Waals surface area contributed by atoms with Crippen LogP contribution >= 0.6 is 0 Å². The van der Waals surface area contributed by atoms with Gasteiger partial charge in [-0.1, -0.05) is 0 Å². The van der Waals surface area contributed by atoms with E-state index in [0.29, 0.717) is 31.5 Å². The van der Waals surface area contributed by atoms with E-state index in [9.17, 15) is 4.79 Å². The van der Waals surface area contributed by atoms with Gasteiger partial charge in [0.1, 0.15) is 11.9 Å². The van der Waals surface area contributed by atoms with Crippen LogP contribution in [-0.4, -0.2) is 46.3 Å². The molecule has 0 atom stereocenters. The highest BCUT2D eigenvalue weighted by molar-refractivity contribution is 5.68. The Morgan fingerprint density at radius 1 is 1.38 bits per heavy atom. The maximum absolute atomic E-state index is 12.0. The number of hydrogen-bond donors (Lipinski definition) is 0. The van der Waals surface area contributed by atoms with E-state index in [1.54, 1.807) is 17.2 Å². The van der Waals surface area contributed by atoms with Gasteiger partial charge in [-0.05, 0) is 39.5 Å². The van der Waals surface area contributed by atoms with Gasteiger partial charge in [0, 0.05) is 25.4 Å². The number of amides is 1. The topological polar surface area (TPSA) is 64.5 Å². The fraction of sp³-hybridized carbons (Fsp3) is 0.667. The van der Waals surface area contributed by atoms with E-state index in [1.165, 1.54) is 6.33 Å².